The molecule has 1 aromatic carbocycles. The van der Waals surface area contributed by atoms with E-state index in [0.29, 0.717) is 6.04 Å². The summed E-state index contributed by atoms with van der Waals surface area (Å²) in [7, 11) is 0. The molecule has 0 atom stereocenters. The van der Waals surface area contributed by atoms with Crippen molar-refractivity contribution in [3.63, 3.8) is 0 Å². The van der Waals surface area contributed by atoms with Gasteiger partial charge < -0.3 is 9.88 Å². The van der Waals surface area contributed by atoms with Gasteiger partial charge in [-0.15, -0.1) is 0 Å². The Bertz CT molecular complexity index is 651. The highest BCUT2D eigenvalue weighted by molar-refractivity contribution is 6.31. The number of hydrogen-bond acceptors (Lipinski definition) is 2. The largest absolute Gasteiger partial charge is 0.324 e. The zero-order valence-electron chi connectivity index (χ0n) is 11.8. The van der Waals surface area contributed by atoms with Crippen LogP contribution in [0.15, 0.2) is 18.2 Å². The van der Waals surface area contributed by atoms with Crippen LogP contribution in [-0.2, 0) is 5.41 Å². The number of fused-ring (bicyclic) bond motifs is 1. The van der Waals surface area contributed by atoms with Gasteiger partial charge in [-0.1, -0.05) is 18.5 Å². The Morgan fingerprint density at radius 3 is 2.75 bits per heavy atom. The zero-order valence-corrected chi connectivity index (χ0v) is 12.6. The minimum atomic E-state index is 0.194. The van der Waals surface area contributed by atoms with Gasteiger partial charge in [0, 0.05) is 16.5 Å². The van der Waals surface area contributed by atoms with E-state index >= 15 is 0 Å². The molecule has 106 valence electrons. The molecule has 0 amide bonds. The van der Waals surface area contributed by atoms with Gasteiger partial charge in [-0.25, -0.2) is 4.98 Å². The third-order valence-electron chi connectivity index (χ3n) is 4.81. The summed E-state index contributed by atoms with van der Waals surface area (Å²) in [4.78, 5) is 4.98. The van der Waals surface area contributed by atoms with E-state index in [4.69, 9.17) is 16.6 Å². The lowest BCUT2D eigenvalue weighted by atomic mass is 9.80. The topological polar surface area (TPSA) is 29.9 Å². The predicted octanol–water partition coefficient (Wildman–Crippen LogP) is 3.67. The monoisotopic (exact) mass is 289 g/mol. The van der Waals surface area contributed by atoms with Gasteiger partial charge in [0.1, 0.15) is 5.82 Å². The smallest absolute Gasteiger partial charge is 0.116 e. The number of piperidine rings is 1. The van der Waals surface area contributed by atoms with Gasteiger partial charge in [0.05, 0.1) is 11.0 Å². The molecule has 1 aromatic heterocycles. The van der Waals surface area contributed by atoms with Gasteiger partial charge in [-0.2, -0.15) is 0 Å². The van der Waals surface area contributed by atoms with Crippen LogP contribution in [0.4, 0.5) is 0 Å². The molecule has 4 rings (SSSR count). The number of imidazole rings is 1. The number of nitrogens with one attached hydrogen (secondary N) is 1. The second kappa shape index (κ2) is 4.47. The van der Waals surface area contributed by atoms with Crippen molar-refractivity contribution in [3.8, 4) is 0 Å². The maximum Gasteiger partial charge on any atom is 0.116 e. The molecule has 1 N–H and O–H groups in total. The molecule has 2 fully saturated rings. The van der Waals surface area contributed by atoms with Gasteiger partial charge in [-0.05, 0) is 57.0 Å². The number of halogens is 1. The van der Waals surface area contributed by atoms with Crippen molar-refractivity contribution in [1.82, 2.24) is 14.9 Å². The summed E-state index contributed by atoms with van der Waals surface area (Å²) in [5.74, 6) is 1.28. The van der Waals surface area contributed by atoms with E-state index in [1.165, 1.54) is 24.2 Å². The zero-order chi connectivity index (χ0) is 13.7. The molecule has 1 aliphatic heterocycles. The van der Waals surface area contributed by atoms with Crippen LogP contribution in [0, 0.1) is 0 Å². The van der Waals surface area contributed by atoms with Gasteiger partial charge in [-0.3, -0.25) is 0 Å². The van der Waals surface area contributed by atoms with Crippen molar-refractivity contribution in [2.75, 3.05) is 13.1 Å². The molecule has 0 unspecified atom stereocenters. The van der Waals surface area contributed by atoms with Crippen molar-refractivity contribution in [1.29, 1.82) is 0 Å². The van der Waals surface area contributed by atoms with E-state index in [0.717, 1.165) is 36.5 Å². The molecule has 0 radical (unpaired) electrons. The fourth-order valence-electron chi connectivity index (χ4n) is 3.40. The van der Waals surface area contributed by atoms with E-state index in [-0.39, 0.29) is 5.41 Å². The lowest BCUT2D eigenvalue weighted by Crippen LogP contribution is -2.39. The van der Waals surface area contributed by atoms with Gasteiger partial charge >= 0.3 is 0 Å². The molecule has 1 aliphatic carbocycles. The summed E-state index contributed by atoms with van der Waals surface area (Å²) in [5, 5.41) is 4.24. The molecule has 3 nitrogen and oxygen atoms in total. The highest BCUT2D eigenvalue weighted by Crippen LogP contribution is 2.43. The van der Waals surface area contributed by atoms with Crippen LogP contribution in [0.25, 0.3) is 11.0 Å². The van der Waals surface area contributed by atoms with E-state index in [9.17, 15) is 0 Å². The third-order valence-corrected chi connectivity index (χ3v) is 5.05. The average molecular weight is 290 g/mol. The lowest BCUT2D eigenvalue weighted by molar-refractivity contribution is 0.310. The Kier molecular flexibility index (Phi) is 2.83. The van der Waals surface area contributed by atoms with E-state index in [2.05, 4.69) is 22.9 Å². The first-order valence-corrected chi connectivity index (χ1v) is 7.94. The third kappa shape index (κ3) is 1.95. The Balaban J connectivity index is 1.91. The molecule has 0 bridgehead atoms. The van der Waals surface area contributed by atoms with Crippen molar-refractivity contribution >= 4 is 22.6 Å². The molecule has 2 heterocycles. The van der Waals surface area contributed by atoms with Crippen molar-refractivity contribution in [2.45, 2.75) is 44.1 Å². The van der Waals surface area contributed by atoms with E-state index in [1.54, 1.807) is 0 Å². The lowest BCUT2D eigenvalue weighted by Gasteiger charge is -2.34. The summed E-state index contributed by atoms with van der Waals surface area (Å²) in [6.07, 6.45) is 4.90. The number of nitrogens with zero attached hydrogens (tertiary/aromatic N) is 2. The minimum absolute atomic E-state index is 0.194. The first kappa shape index (κ1) is 12.7. The van der Waals surface area contributed by atoms with Crippen LogP contribution in [0.5, 0.6) is 0 Å². The van der Waals surface area contributed by atoms with Gasteiger partial charge in [0.25, 0.3) is 0 Å². The molecule has 2 aliphatic rings. The molecule has 4 heteroatoms. The molecular weight excluding hydrogens is 270 g/mol. The molecule has 0 spiro atoms. The number of aromatic nitrogens is 2. The van der Waals surface area contributed by atoms with Crippen LogP contribution in [0.1, 0.15) is 44.5 Å². The quantitative estimate of drug-likeness (QED) is 0.914. The van der Waals surface area contributed by atoms with Crippen LogP contribution in [0.3, 0.4) is 0 Å². The first-order valence-electron chi connectivity index (χ1n) is 7.56. The normalized spacial score (nSPS) is 22.3. The minimum Gasteiger partial charge on any atom is -0.324 e. The summed E-state index contributed by atoms with van der Waals surface area (Å²) < 4.78 is 2.50. The van der Waals surface area contributed by atoms with Crippen molar-refractivity contribution in [2.24, 2.45) is 0 Å². The fourth-order valence-corrected chi connectivity index (χ4v) is 3.57. The highest BCUT2D eigenvalue weighted by Gasteiger charge is 2.38. The summed E-state index contributed by atoms with van der Waals surface area (Å²) in [6.45, 7) is 4.55. The van der Waals surface area contributed by atoms with Gasteiger partial charge in [0.15, 0.2) is 0 Å². The predicted molar refractivity (Wildman–Crippen MR) is 82.5 cm³/mol. The Morgan fingerprint density at radius 2 is 2.05 bits per heavy atom. The van der Waals surface area contributed by atoms with Crippen LogP contribution < -0.4 is 5.32 Å². The highest BCUT2D eigenvalue weighted by atomic mass is 35.5. The summed E-state index contributed by atoms with van der Waals surface area (Å²) >= 11 is 6.14. The Hall–Kier alpha value is -1.06. The van der Waals surface area contributed by atoms with E-state index in [1.807, 2.05) is 12.1 Å². The van der Waals surface area contributed by atoms with Crippen LogP contribution in [-0.4, -0.2) is 22.6 Å². The second-order valence-corrected chi connectivity index (χ2v) is 6.92. The average Bonchev–Trinajstić information content (AvgIpc) is 3.20. The van der Waals surface area contributed by atoms with Crippen molar-refractivity contribution < 1.29 is 0 Å². The Labute approximate surface area is 124 Å². The number of benzene rings is 1. The molecule has 2 aromatic rings. The second-order valence-electron chi connectivity index (χ2n) is 6.48. The van der Waals surface area contributed by atoms with Gasteiger partial charge in [0.2, 0.25) is 0 Å². The number of hydrogen-bond donors (Lipinski definition) is 1. The van der Waals surface area contributed by atoms with Crippen LogP contribution >= 0.6 is 11.6 Å². The maximum absolute atomic E-state index is 6.14. The molecule has 1 saturated carbocycles. The molecule has 20 heavy (non-hydrogen) atoms. The standard InChI is InChI=1S/C16H20ClN3/c1-16(6-8-18-9-7-16)15-19-13-10-11(17)2-5-14(13)20(15)12-3-4-12/h2,5,10,12,18H,3-4,6-9H2,1H3. The molecular formula is C16H20ClN3. The molecule has 1 saturated heterocycles. The fraction of sp³-hybridized carbons (Fsp3) is 0.562. The number of rotatable bonds is 2. The van der Waals surface area contributed by atoms with Crippen LogP contribution in [0.2, 0.25) is 5.02 Å². The Morgan fingerprint density at radius 1 is 1.30 bits per heavy atom. The summed E-state index contributed by atoms with van der Waals surface area (Å²) in [6, 6.07) is 6.78. The SMILES string of the molecule is CC1(c2nc3cc(Cl)ccc3n2C2CC2)CCNCC1. The van der Waals surface area contributed by atoms with E-state index < -0.39 is 0 Å². The summed E-state index contributed by atoms with van der Waals surface area (Å²) in [5.41, 5.74) is 2.50. The first-order chi connectivity index (χ1) is 9.67. The maximum atomic E-state index is 6.14. The van der Waals surface area contributed by atoms with Crippen molar-refractivity contribution in [3.05, 3.63) is 29.0 Å².